The van der Waals surface area contributed by atoms with Gasteiger partial charge in [0.2, 0.25) is 0 Å². The van der Waals surface area contributed by atoms with Crippen LogP contribution >= 0.6 is 0 Å². The van der Waals surface area contributed by atoms with Gasteiger partial charge in [-0.3, -0.25) is 0 Å². The molecule has 1 aliphatic heterocycles. The Labute approximate surface area is 64.5 Å². The molecule has 1 heterocycles. The molecule has 0 spiro atoms. The van der Waals surface area contributed by atoms with Crippen LogP contribution in [0.5, 0.6) is 0 Å². The Balaban J connectivity index is 2.33. The van der Waals surface area contributed by atoms with Gasteiger partial charge in [0.05, 0.1) is 0 Å². The molecule has 8 heavy (non-hydrogen) atoms. The van der Waals surface area contributed by atoms with Crippen LogP contribution in [0, 0.1) is 0 Å². The van der Waals surface area contributed by atoms with Crippen molar-refractivity contribution in [3.05, 3.63) is 0 Å². The second-order valence-electron chi connectivity index (χ2n) is 2.34. The summed E-state index contributed by atoms with van der Waals surface area (Å²) in [5.41, 5.74) is 0. The van der Waals surface area contributed by atoms with Crippen molar-refractivity contribution >= 4 is 10.2 Å². The van der Waals surface area contributed by atoms with Crippen molar-refractivity contribution in [1.82, 2.24) is 0 Å². The molecule has 0 aliphatic carbocycles. The van der Waals surface area contributed by atoms with E-state index in [0.29, 0.717) is 0 Å². The molecule has 1 rings (SSSR count). The number of hydrogen-bond donors (Lipinski definition) is 0. The Hall–Kier alpha value is 0.865. The van der Waals surface area contributed by atoms with Crippen LogP contribution in [0.2, 0.25) is 0 Å². The van der Waals surface area contributed by atoms with E-state index >= 15 is 0 Å². The zero-order valence-corrected chi connectivity index (χ0v) is 9.33. The van der Waals surface area contributed by atoms with Crippen LogP contribution in [0.4, 0.5) is 0 Å². The fraction of sp³-hybridized carbons (Fsp3) is 1.00. The molecule has 51 valence electrons. The van der Waals surface area contributed by atoms with Crippen LogP contribution in [0.1, 0.15) is 19.3 Å². The van der Waals surface area contributed by atoms with Gasteiger partial charge in [-0.15, -0.1) is 0 Å². The van der Waals surface area contributed by atoms with Crippen molar-refractivity contribution in [2.75, 3.05) is 6.61 Å². The van der Waals surface area contributed by atoms with Gasteiger partial charge < -0.3 is 0 Å². The van der Waals surface area contributed by atoms with Crippen molar-refractivity contribution in [3.63, 3.8) is 0 Å². The summed E-state index contributed by atoms with van der Waals surface area (Å²) in [6.45, 7) is 0.993. The van der Waals surface area contributed by atoms with E-state index in [9.17, 15) is 0 Å². The first-order valence-corrected chi connectivity index (χ1v) is 5.14. The molecule has 0 saturated carbocycles. The number of ether oxygens (including phenoxy) is 1. The van der Waals surface area contributed by atoms with Gasteiger partial charge in [-0.25, -0.2) is 0 Å². The molecule has 1 unspecified atom stereocenters. The summed E-state index contributed by atoms with van der Waals surface area (Å²) >= 11 is 2.41. The predicted molar refractivity (Wildman–Crippen MR) is 32.5 cm³/mol. The standard InChI is InChI=1S/C5H11OSi.Pt/c7-5-3-1-2-4-6-5;/h1-4H2,7H3;. The molecule has 1 nitrogen and oxygen atoms in total. The Bertz CT molecular complexity index is 76.5. The zero-order valence-electron chi connectivity index (χ0n) is 5.05. The summed E-state index contributed by atoms with van der Waals surface area (Å²) < 4.78 is 5.80. The molecule has 1 saturated heterocycles. The molecule has 1 fully saturated rings. The van der Waals surface area contributed by atoms with Gasteiger partial charge in [0.25, 0.3) is 0 Å². The van der Waals surface area contributed by atoms with Gasteiger partial charge >= 0.3 is 64.3 Å². The van der Waals surface area contributed by atoms with Gasteiger partial charge in [-0.2, -0.15) is 0 Å². The second-order valence-corrected chi connectivity index (χ2v) is 8.45. The Morgan fingerprint density at radius 1 is 1.50 bits per heavy atom. The predicted octanol–water partition coefficient (Wildman–Crippen LogP) is -0.247. The van der Waals surface area contributed by atoms with Gasteiger partial charge in [0.15, 0.2) is 0 Å². The monoisotopic (exact) mass is 310 g/mol. The first-order valence-electron chi connectivity index (χ1n) is 3.00. The average Bonchev–Trinajstić information content (AvgIpc) is 1.65. The number of rotatable bonds is 0. The van der Waals surface area contributed by atoms with Crippen LogP contribution in [-0.2, 0) is 24.6 Å². The summed E-state index contributed by atoms with van der Waals surface area (Å²) in [7, 11) is 1.18. The molecule has 0 radical (unpaired) electrons. The maximum atomic E-state index is 5.51. The third kappa shape index (κ3) is 2.00. The van der Waals surface area contributed by atoms with Gasteiger partial charge in [0.1, 0.15) is 0 Å². The van der Waals surface area contributed by atoms with E-state index in [2.05, 4.69) is 19.8 Å². The molecule has 0 aromatic rings. The SMILES string of the molecule is [SiH3][C]1([Pt])CCCCO1. The first-order chi connectivity index (χ1) is 3.71. The van der Waals surface area contributed by atoms with Crippen LogP contribution < -0.4 is 0 Å². The van der Waals surface area contributed by atoms with Gasteiger partial charge in [-0.05, 0) is 0 Å². The van der Waals surface area contributed by atoms with E-state index in [1.54, 1.807) is 0 Å². The van der Waals surface area contributed by atoms with E-state index in [4.69, 9.17) is 4.74 Å². The van der Waals surface area contributed by atoms with Crippen molar-refractivity contribution in [2.45, 2.75) is 22.9 Å². The fourth-order valence-corrected chi connectivity index (χ4v) is 2.07. The topological polar surface area (TPSA) is 9.23 Å². The Kier molecular flexibility index (Phi) is 2.30. The first kappa shape index (κ1) is 6.98. The fourth-order valence-electron chi connectivity index (χ4n) is 0.883. The van der Waals surface area contributed by atoms with Crippen molar-refractivity contribution in [3.8, 4) is 0 Å². The normalized spacial score (nSPS) is 40.2. The minimum atomic E-state index is 0.290. The maximum absolute atomic E-state index is 5.51. The minimum absolute atomic E-state index is 0.290. The molecule has 0 aromatic carbocycles. The molecular formula is C5H11OPtSi. The molecule has 0 bridgehead atoms. The summed E-state index contributed by atoms with van der Waals surface area (Å²) in [6, 6.07) is 0. The molecule has 1 atom stereocenters. The third-order valence-electron chi connectivity index (χ3n) is 1.40. The summed E-state index contributed by atoms with van der Waals surface area (Å²) in [5, 5.41) is 0. The molecule has 0 amide bonds. The van der Waals surface area contributed by atoms with Crippen LogP contribution in [0.25, 0.3) is 0 Å². The van der Waals surface area contributed by atoms with Gasteiger partial charge in [0, 0.05) is 0 Å². The third-order valence-corrected chi connectivity index (χ3v) is 3.08. The quantitative estimate of drug-likeness (QED) is 0.561. The number of hydrogen-bond acceptors (Lipinski definition) is 1. The Morgan fingerprint density at radius 2 is 2.25 bits per heavy atom. The van der Waals surface area contributed by atoms with Crippen molar-refractivity contribution in [1.29, 1.82) is 0 Å². The Morgan fingerprint density at radius 3 is 2.50 bits per heavy atom. The second kappa shape index (κ2) is 2.63. The van der Waals surface area contributed by atoms with Crippen LogP contribution in [-0.4, -0.2) is 20.5 Å². The van der Waals surface area contributed by atoms with Crippen molar-refractivity contribution < 1.29 is 24.6 Å². The average molecular weight is 310 g/mol. The molecule has 3 heteroatoms. The summed E-state index contributed by atoms with van der Waals surface area (Å²) in [4.78, 5) is 0. The van der Waals surface area contributed by atoms with E-state index in [-0.39, 0.29) is 3.61 Å². The van der Waals surface area contributed by atoms with Gasteiger partial charge in [-0.1, -0.05) is 0 Å². The van der Waals surface area contributed by atoms with E-state index in [0.717, 1.165) is 6.61 Å². The molecule has 0 aromatic heterocycles. The van der Waals surface area contributed by atoms with Crippen molar-refractivity contribution in [2.24, 2.45) is 0 Å². The molecule has 1 aliphatic rings. The van der Waals surface area contributed by atoms with E-state index < -0.39 is 0 Å². The molecular weight excluding hydrogens is 299 g/mol. The summed E-state index contributed by atoms with van der Waals surface area (Å²) in [6.07, 6.45) is 3.92. The summed E-state index contributed by atoms with van der Waals surface area (Å²) in [5.74, 6) is 0. The van der Waals surface area contributed by atoms with E-state index in [1.807, 2.05) is 0 Å². The van der Waals surface area contributed by atoms with Crippen LogP contribution in [0.3, 0.4) is 0 Å². The zero-order chi connectivity index (χ0) is 6.04. The van der Waals surface area contributed by atoms with Crippen LogP contribution in [0.15, 0.2) is 0 Å². The molecule has 0 N–H and O–H groups in total. The van der Waals surface area contributed by atoms with E-state index in [1.165, 1.54) is 29.5 Å².